The number of anilines is 2. The normalized spacial score (nSPS) is 10.5. The van der Waals surface area contributed by atoms with E-state index in [2.05, 4.69) is 15.6 Å². The SMILES string of the molecule is CC(C)Nc1ccc(C(=O)Nc2ccc(F)c(F)c2)nc1. The molecule has 4 nitrogen and oxygen atoms in total. The molecule has 0 radical (unpaired) electrons. The first kappa shape index (κ1) is 14.9. The Hall–Kier alpha value is -2.50. The maximum atomic E-state index is 13.1. The van der Waals surface area contributed by atoms with Crippen LogP contribution >= 0.6 is 0 Å². The van der Waals surface area contributed by atoms with Gasteiger partial charge in [0.1, 0.15) is 5.69 Å². The average Bonchev–Trinajstić information content (AvgIpc) is 2.43. The summed E-state index contributed by atoms with van der Waals surface area (Å²) in [5, 5.41) is 5.61. The van der Waals surface area contributed by atoms with Gasteiger partial charge in [0.05, 0.1) is 11.9 Å². The van der Waals surface area contributed by atoms with Gasteiger partial charge in [0.2, 0.25) is 0 Å². The third kappa shape index (κ3) is 3.98. The lowest BCUT2D eigenvalue weighted by Gasteiger charge is -2.10. The van der Waals surface area contributed by atoms with Crippen molar-refractivity contribution in [3.05, 3.63) is 53.9 Å². The van der Waals surface area contributed by atoms with Gasteiger partial charge in [0.25, 0.3) is 5.91 Å². The quantitative estimate of drug-likeness (QED) is 0.907. The van der Waals surface area contributed by atoms with Crippen LogP contribution in [0.25, 0.3) is 0 Å². The Balaban J connectivity index is 2.07. The van der Waals surface area contributed by atoms with Crippen LogP contribution in [0.3, 0.4) is 0 Å². The molecule has 0 atom stereocenters. The molecule has 0 saturated heterocycles. The molecule has 1 aromatic heterocycles. The van der Waals surface area contributed by atoms with Gasteiger partial charge in [0, 0.05) is 17.8 Å². The van der Waals surface area contributed by atoms with Crippen molar-refractivity contribution in [2.75, 3.05) is 10.6 Å². The largest absolute Gasteiger partial charge is 0.382 e. The molecular formula is C15H15F2N3O. The van der Waals surface area contributed by atoms with Gasteiger partial charge in [-0.1, -0.05) is 0 Å². The summed E-state index contributed by atoms with van der Waals surface area (Å²) < 4.78 is 25.9. The smallest absolute Gasteiger partial charge is 0.274 e. The lowest BCUT2D eigenvalue weighted by molar-refractivity contribution is 0.102. The number of hydrogen-bond donors (Lipinski definition) is 2. The molecule has 110 valence electrons. The molecule has 2 aromatic rings. The van der Waals surface area contributed by atoms with Gasteiger partial charge in [-0.25, -0.2) is 13.8 Å². The first-order valence-corrected chi connectivity index (χ1v) is 6.44. The van der Waals surface area contributed by atoms with Crippen molar-refractivity contribution in [1.82, 2.24) is 4.98 Å². The predicted molar refractivity (Wildman–Crippen MR) is 77.3 cm³/mol. The van der Waals surface area contributed by atoms with Crippen molar-refractivity contribution in [1.29, 1.82) is 0 Å². The molecule has 1 aromatic carbocycles. The highest BCUT2D eigenvalue weighted by molar-refractivity contribution is 6.02. The summed E-state index contributed by atoms with van der Waals surface area (Å²) in [4.78, 5) is 16.0. The number of hydrogen-bond acceptors (Lipinski definition) is 3. The summed E-state index contributed by atoms with van der Waals surface area (Å²) in [5.41, 5.74) is 1.16. The zero-order valence-electron chi connectivity index (χ0n) is 11.7. The summed E-state index contributed by atoms with van der Waals surface area (Å²) in [6.45, 7) is 3.98. The lowest BCUT2D eigenvalue weighted by Crippen LogP contribution is -2.15. The van der Waals surface area contributed by atoms with E-state index in [-0.39, 0.29) is 17.4 Å². The summed E-state index contributed by atoms with van der Waals surface area (Å²) in [7, 11) is 0. The summed E-state index contributed by atoms with van der Waals surface area (Å²) in [6.07, 6.45) is 1.54. The van der Waals surface area contributed by atoms with Crippen LogP contribution in [0.2, 0.25) is 0 Å². The third-order valence-corrected chi connectivity index (χ3v) is 2.63. The molecule has 0 aliphatic rings. The van der Waals surface area contributed by atoms with E-state index in [1.54, 1.807) is 18.3 Å². The molecule has 21 heavy (non-hydrogen) atoms. The van der Waals surface area contributed by atoms with Gasteiger partial charge in [-0.15, -0.1) is 0 Å². The third-order valence-electron chi connectivity index (χ3n) is 2.63. The van der Waals surface area contributed by atoms with Crippen molar-refractivity contribution in [2.45, 2.75) is 19.9 Å². The number of nitrogens with zero attached hydrogens (tertiary/aromatic N) is 1. The minimum absolute atomic E-state index is 0.171. The maximum absolute atomic E-state index is 13.1. The van der Waals surface area contributed by atoms with Gasteiger partial charge >= 0.3 is 0 Å². The summed E-state index contributed by atoms with van der Waals surface area (Å²) in [6, 6.07) is 6.70. The Bertz CT molecular complexity index is 642. The van der Waals surface area contributed by atoms with Gasteiger partial charge in [-0.05, 0) is 38.1 Å². The van der Waals surface area contributed by atoms with E-state index in [9.17, 15) is 13.6 Å². The summed E-state index contributed by atoms with van der Waals surface area (Å²) in [5.74, 6) is -2.47. The highest BCUT2D eigenvalue weighted by Crippen LogP contribution is 2.14. The average molecular weight is 291 g/mol. The first-order chi connectivity index (χ1) is 9.95. The van der Waals surface area contributed by atoms with E-state index in [1.165, 1.54) is 6.07 Å². The number of amides is 1. The molecule has 2 N–H and O–H groups in total. The van der Waals surface area contributed by atoms with Crippen molar-refractivity contribution in [3.63, 3.8) is 0 Å². The number of pyridine rings is 1. The van der Waals surface area contributed by atoms with Crippen molar-refractivity contribution < 1.29 is 13.6 Å². The first-order valence-electron chi connectivity index (χ1n) is 6.44. The van der Waals surface area contributed by atoms with Crippen molar-refractivity contribution in [2.24, 2.45) is 0 Å². The van der Waals surface area contributed by atoms with Crippen molar-refractivity contribution >= 4 is 17.3 Å². The second kappa shape index (κ2) is 6.30. The molecule has 0 spiro atoms. The second-order valence-electron chi connectivity index (χ2n) is 4.81. The Morgan fingerprint density at radius 3 is 2.38 bits per heavy atom. The van der Waals surface area contributed by atoms with Crippen LogP contribution < -0.4 is 10.6 Å². The predicted octanol–water partition coefficient (Wildman–Crippen LogP) is 3.43. The van der Waals surface area contributed by atoms with E-state index in [0.717, 1.165) is 17.8 Å². The number of rotatable bonds is 4. The molecule has 1 heterocycles. The standard InChI is InChI=1S/C15H15F2N3O/c1-9(2)19-11-4-6-14(18-8-11)15(21)20-10-3-5-12(16)13(17)7-10/h3-9,19H,1-2H3,(H,20,21). The van der Waals surface area contributed by atoms with Gasteiger partial charge in [-0.3, -0.25) is 4.79 Å². The van der Waals surface area contributed by atoms with Crippen LogP contribution in [0, 0.1) is 11.6 Å². The van der Waals surface area contributed by atoms with Crippen LogP contribution in [-0.4, -0.2) is 16.9 Å². The van der Waals surface area contributed by atoms with Gasteiger partial charge < -0.3 is 10.6 Å². The molecule has 6 heteroatoms. The number of nitrogens with one attached hydrogen (secondary N) is 2. The monoisotopic (exact) mass is 291 g/mol. The molecule has 0 saturated carbocycles. The molecule has 0 bridgehead atoms. The Kier molecular flexibility index (Phi) is 4.47. The van der Waals surface area contributed by atoms with Crippen LogP contribution in [0.1, 0.15) is 24.3 Å². The highest BCUT2D eigenvalue weighted by atomic mass is 19.2. The van der Waals surface area contributed by atoms with Crippen LogP contribution in [0.5, 0.6) is 0 Å². The van der Waals surface area contributed by atoms with Crippen LogP contribution in [-0.2, 0) is 0 Å². The highest BCUT2D eigenvalue weighted by Gasteiger charge is 2.09. The fraction of sp³-hybridized carbons (Fsp3) is 0.200. The summed E-state index contributed by atoms with van der Waals surface area (Å²) >= 11 is 0. The fourth-order valence-electron chi connectivity index (χ4n) is 1.72. The van der Waals surface area contributed by atoms with Crippen LogP contribution in [0.15, 0.2) is 36.5 Å². The Morgan fingerprint density at radius 1 is 1.10 bits per heavy atom. The number of aromatic nitrogens is 1. The van der Waals surface area contributed by atoms with Gasteiger partial charge in [-0.2, -0.15) is 0 Å². The van der Waals surface area contributed by atoms with Gasteiger partial charge in [0.15, 0.2) is 11.6 Å². The zero-order chi connectivity index (χ0) is 15.4. The van der Waals surface area contributed by atoms with E-state index in [4.69, 9.17) is 0 Å². The Labute approximate surface area is 121 Å². The van der Waals surface area contributed by atoms with E-state index < -0.39 is 17.5 Å². The van der Waals surface area contributed by atoms with E-state index >= 15 is 0 Å². The molecule has 0 unspecified atom stereocenters. The van der Waals surface area contributed by atoms with Crippen LogP contribution in [0.4, 0.5) is 20.2 Å². The molecule has 0 fully saturated rings. The minimum atomic E-state index is -1.02. The molecule has 0 aliphatic heterocycles. The topological polar surface area (TPSA) is 54.0 Å². The molecule has 2 rings (SSSR count). The zero-order valence-corrected chi connectivity index (χ0v) is 11.7. The number of carbonyl (C=O) groups excluding carboxylic acids is 1. The second-order valence-corrected chi connectivity index (χ2v) is 4.81. The number of carbonyl (C=O) groups is 1. The lowest BCUT2D eigenvalue weighted by atomic mass is 10.2. The number of halogens is 2. The van der Waals surface area contributed by atoms with Crippen molar-refractivity contribution in [3.8, 4) is 0 Å². The minimum Gasteiger partial charge on any atom is -0.382 e. The molecule has 0 aliphatic carbocycles. The number of benzene rings is 1. The Morgan fingerprint density at radius 2 is 1.81 bits per heavy atom. The molecular weight excluding hydrogens is 276 g/mol. The molecule has 1 amide bonds. The van der Waals surface area contributed by atoms with E-state index in [1.807, 2.05) is 13.8 Å². The van der Waals surface area contributed by atoms with E-state index in [0.29, 0.717) is 0 Å². The maximum Gasteiger partial charge on any atom is 0.274 e. The fourth-order valence-corrected chi connectivity index (χ4v) is 1.72.